The molecule has 0 spiro atoms. The molecular formula is C17H14Cl2F4N2O5S. The number of carbonyl (C=O) groups is 1. The standard InChI is InChI=1S/C17H14Cl2F4N2O5S/c1-3-29-16(15(26)25-31(2,27)28)30-13-5-9(12(20)6-10(13)18)14-11(19)4-8(7-24-14)17(21,22)23/h4-7,16H,3H2,1-2H3,(H,25,26). The fourth-order valence-electron chi connectivity index (χ4n) is 2.25. The van der Waals surface area contributed by atoms with Crippen LogP contribution in [-0.4, -0.2) is 38.5 Å². The first-order valence-corrected chi connectivity index (χ1v) is 10.9. The average Bonchev–Trinajstić information content (AvgIpc) is 2.61. The van der Waals surface area contributed by atoms with Gasteiger partial charge in [0.2, 0.25) is 10.0 Å². The Hall–Kier alpha value is -2.15. The summed E-state index contributed by atoms with van der Waals surface area (Å²) in [6.45, 7) is 1.42. The molecule has 0 saturated carbocycles. The molecule has 1 aromatic carbocycles. The molecule has 1 aromatic heterocycles. The second kappa shape index (κ2) is 9.55. The van der Waals surface area contributed by atoms with E-state index < -0.39 is 44.8 Å². The van der Waals surface area contributed by atoms with E-state index in [1.165, 1.54) is 6.92 Å². The summed E-state index contributed by atoms with van der Waals surface area (Å²) in [7, 11) is -3.94. The van der Waals surface area contributed by atoms with Crippen LogP contribution in [0.5, 0.6) is 5.75 Å². The number of sulfonamides is 1. The molecule has 7 nitrogen and oxygen atoms in total. The number of hydrogen-bond donors (Lipinski definition) is 1. The Balaban J connectivity index is 2.46. The molecule has 1 amide bonds. The van der Waals surface area contributed by atoms with Crippen LogP contribution in [0.4, 0.5) is 17.6 Å². The monoisotopic (exact) mass is 504 g/mol. The number of ether oxygens (including phenoxy) is 2. The van der Waals surface area contributed by atoms with Crippen molar-refractivity contribution in [3.63, 3.8) is 0 Å². The first kappa shape index (κ1) is 25.1. The molecule has 31 heavy (non-hydrogen) atoms. The molecule has 0 bridgehead atoms. The van der Waals surface area contributed by atoms with E-state index in [4.69, 9.17) is 32.7 Å². The Morgan fingerprint density at radius 1 is 1.23 bits per heavy atom. The van der Waals surface area contributed by atoms with E-state index in [2.05, 4.69) is 4.98 Å². The van der Waals surface area contributed by atoms with E-state index in [0.717, 1.165) is 18.4 Å². The van der Waals surface area contributed by atoms with Gasteiger partial charge >= 0.3 is 12.1 Å². The molecule has 1 N–H and O–H groups in total. The van der Waals surface area contributed by atoms with Gasteiger partial charge in [-0.25, -0.2) is 17.5 Å². The maximum absolute atomic E-state index is 14.4. The molecule has 0 saturated heterocycles. The van der Waals surface area contributed by atoms with Crippen LogP contribution in [0.2, 0.25) is 10.0 Å². The van der Waals surface area contributed by atoms with Crippen LogP contribution in [0.25, 0.3) is 11.3 Å². The van der Waals surface area contributed by atoms with Crippen molar-refractivity contribution in [2.24, 2.45) is 0 Å². The number of amides is 1. The minimum Gasteiger partial charge on any atom is -0.454 e. The number of nitrogens with zero attached hydrogens (tertiary/aromatic N) is 1. The fourth-order valence-corrected chi connectivity index (χ4v) is 3.18. The first-order chi connectivity index (χ1) is 14.2. The Labute approximate surface area is 184 Å². The van der Waals surface area contributed by atoms with E-state index in [9.17, 15) is 30.8 Å². The summed E-state index contributed by atoms with van der Waals surface area (Å²) in [6.07, 6.45) is -5.29. The van der Waals surface area contributed by atoms with Crippen LogP contribution >= 0.6 is 23.2 Å². The maximum atomic E-state index is 14.4. The highest BCUT2D eigenvalue weighted by Gasteiger charge is 2.32. The van der Waals surface area contributed by atoms with E-state index in [0.29, 0.717) is 12.3 Å². The highest BCUT2D eigenvalue weighted by Crippen LogP contribution is 2.38. The Bertz CT molecular complexity index is 1100. The lowest BCUT2D eigenvalue weighted by molar-refractivity contribution is -0.150. The minimum atomic E-state index is -4.71. The molecule has 0 aliphatic carbocycles. The minimum absolute atomic E-state index is 0.0696. The summed E-state index contributed by atoms with van der Waals surface area (Å²) >= 11 is 11.8. The first-order valence-electron chi connectivity index (χ1n) is 8.25. The third-order valence-electron chi connectivity index (χ3n) is 3.50. The van der Waals surface area contributed by atoms with E-state index >= 15 is 0 Å². The maximum Gasteiger partial charge on any atom is 0.417 e. The normalized spacial score (nSPS) is 13.0. The van der Waals surface area contributed by atoms with Crippen LogP contribution in [0.1, 0.15) is 12.5 Å². The molecule has 14 heteroatoms. The zero-order valence-corrected chi connectivity index (χ0v) is 18.1. The number of alkyl halides is 3. The average molecular weight is 505 g/mol. The summed E-state index contributed by atoms with van der Waals surface area (Å²) in [5.41, 5.74) is -1.86. The third kappa shape index (κ3) is 6.66. The van der Waals surface area contributed by atoms with Crippen molar-refractivity contribution in [2.75, 3.05) is 12.9 Å². The van der Waals surface area contributed by atoms with Crippen molar-refractivity contribution in [2.45, 2.75) is 19.4 Å². The summed E-state index contributed by atoms with van der Waals surface area (Å²) in [5.74, 6) is -2.50. The molecule has 1 heterocycles. The number of rotatable bonds is 7. The van der Waals surface area contributed by atoms with Gasteiger partial charge in [0.1, 0.15) is 11.6 Å². The van der Waals surface area contributed by atoms with E-state index in [-0.39, 0.29) is 28.6 Å². The lowest BCUT2D eigenvalue weighted by Crippen LogP contribution is -2.42. The smallest absolute Gasteiger partial charge is 0.417 e. The van der Waals surface area contributed by atoms with Crippen LogP contribution < -0.4 is 9.46 Å². The summed E-state index contributed by atoms with van der Waals surface area (Å²) in [5, 5.41) is -0.834. The predicted octanol–water partition coefficient (Wildman–Crippen LogP) is 4.03. The Morgan fingerprint density at radius 2 is 1.87 bits per heavy atom. The Morgan fingerprint density at radius 3 is 2.39 bits per heavy atom. The van der Waals surface area contributed by atoms with Crippen LogP contribution in [0.3, 0.4) is 0 Å². The second-order valence-electron chi connectivity index (χ2n) is 5.96. The van der Waals surface area contributed by atoms with Crippen molar-refractivity contribution in [1.29, 1.82) is 0 Å². The molecule has 0 aliphatic rings. The number of hydrogen-bond acceptors (Lipinski definition) is 6. The number of nitrogens with one attached hydrogen (secondary N) is 1. The fraction of sp³-hybridized carbons (Fsp3) is 0.294. The molecule has 170 valence electrons. The van der Waals surface area contributed by atoms with Gasteiger partial charge in [-0.3, -0.25) is 9.78 Å². The summed E-state index contributed by atoms with van der Waals surface area (Å²) in [6, 6.07) is 2.28. The number of pyridine rings is 1. The molecule has 2 rings (SSSR count). The third-order valence-corrected chi connectivity index (χ3v) is 4.65. The zero-order chi connectivity index (χ0) is 23.6. The molecule has 1 atom stereocenters. The molecule has 1 unspecified atom stereocenters. The lowest BCUT2D eigenvalue weighted by Gasteiger charge is -2.19. The quantitative estimate of drug-likeness (QED) is 0.451. The summed E-state index contributed by atoms with van der Waals surface area (Å²) in [4.78, 5) is 15.6. The zero-order valence-electron chi connectivity index (χ0n) is 15.8. The Kier molecular flexibility index (Phi) is 7.74. The van der Waals surface area contributed by atoms with Crippen LogP contribution in [0, 0.1) is 5.82 Å². The largest absolute Gasteiger partial charge is 0.454 e. The van der Waals surface area contributed by atoms with Crippen LogP contribution in [-0.2, 0) is 25.7 Å². The van der Waals surface area contributed by atoms with Gasteiger partial charge in [0.15, 0.2) is 0 Å². The van der Waals surface area contributed by atoms with Gasteiger partial charge in [-0.05, 0) is 25.1 Å². The topological polar surface area (TPSA) is 94.6 Å². The van der Waals surface area contributed by atoms with E-state index in [1.807, 2.05) is 0 Å². The van der Waals surface area contributed by atoms with Gasteiger partial charge in [0.05, 0.1) is 27.6 Å². The van der Waals surface area contributed by atoms with Crippen LogP contribution in [0.15, 0.2) is 24.4 Å². The van der Waals surface area contributed by atoms with Gasteiger partial charge in [-0.2, -0.15) is 13.2 Å². The van der Waals surface area contributed by atoms with Crippen molar-refractivity contribution in [3.05, 3.63) is 45.8 Å². The number of carbonyl (C=O) groups excluding carboxylic acids is 1. The highest BCUT2D eigenvalue weighted by atomic mass is 35.5. The van der Waals surface area contributed by atoms with Gasteiger partial charge in [-0.1, -0.05) is 23.2 Å². The molecule has 0 fully saturated rings. The lowest BCUT2D eigenvalue weighted by atomic mass is 10.1. The van der Waals surface area contributed by atoms with Gasteiger partial charge < -0.3 is 9.47 Å². The SMILES string of the molecule is CCOC(Oc1cc(-c2ncc(C(F)(F)F)cc2Cl)c(F)cc1Cl)C(=O)NS(C)(=O)=O. The van der Waals surface area contributed by atoms with E-state index in [1.54, 1.807) is 4.72 Å². The van der Waals surface area contributed by atoms with Crippen molar-refractivity contribution in [3.8, 4) is 17.0 Å². The molecule has 0 aliphatic heterocycles. The molecule has 2 aromatic rings. The van der Waals surface area contributed by atoms with Crippen molar-refractivity contribution >= 4 is 39.1 Å². The number of benzene rings is 1. The van der Waals surface area contributed by atoms with Gasteiger partial charge in [-0.15, -0.1) is 0 Å². The number of aromatic nitrogens is 1. The molecular weight excluding hydrogens is 491 g/mol. The number of halogens is 6. The predicted molar refractivity (Wildman–Crippen MR) is 104 cm³/mol. The highest BCUT2D eigenvalue weighted by molar-refractivity contribution is 7.89. The van der Waals surface area contributed by atoms with Crippen molar-refractivity contribution < 1.29 is 40.2 Å². The summed E-state index contributed by atoms with van der Waals surface area (Å²) < 4.78 is 87.4. The molecule has 0 radical (unpaired) electrons. The second-order valence-corrected chi connectivity index (χ2v) is 8.52. The van der Waals surface area contributed by atoms with Gasteiger partial charge in [0, 0.05) is 18.4 Å². The van der Waals surface area contributed by atoms with Crippen molar-refractivity contribution in [1.82, 2.24) is 9.71 Å². The van der Waals surface area contributed by atoms with Gasteiger partial charge in [0.25, 0.3) is 6.29 Å².